The number of rotatable bonds is 2. The first-order valence-electron chi connectivity index (χ1n) is 5.66. The first-order valence-corrected chi connectivity index (χ1v) is 5.66. The predicted molar refractivity (Wildman–Crippen MR) is 60.2 cm³/mol. The second-order valence-corrected chi connectivity index (χ2v) is 3.98. The van der Waals surface area contributed by atoms with Gasteiger partial charge in [-0.3, -0.25) is 0 Å². The van der Waals surface area contributed by atoms with Gasteiger partial charge in [-0.15, -0.1) is 0 Å². The van der Waals surface area contributed by atoms with E-state index in [0.717, 1.165) is 18.8 Å². The van der Waals surface area contributed by atoms with Crippen LogP contribution in [0.3, 0.4) is 0 Å². The summed E-state index contributed by atoms with van der Waals surface area (Å²) in [7, 11) is 1.69. The highest BCUT2D eigenvalue weighted by atomic mass is 16.5. The molecule has 1 aliphatic heterocycles. The Hall–Kier alpha value is -1.02. The second kappa shape index (κ2) is 5.17. The van der Waals surface area contributed by atoms with E-state index in [-0.39, 0.29) is 0 Å². The van der Waals surface area contributed by atoms with Crippen LogP contribution in [0.5, 0.6) is 5.75 Å². The Morgan fingerprint density at radius 2 is 1.93 bits per heavy atom. The van der Waals surface area contributed by atoms with E-state index in [0.29, 0.717) is 6.10 Å². The van der Waals surface area contributed by atoms with Crippen molar-refractivity contribution in [3.63, 3.8) is 0 Å². The maximum absolute atomic E-state index is 5.82. The molecule has 1 aromatic rings. The molecule has 2 heteroatoms. The van der Waals surface area contributed by atoms with Crippen LogP contribution in [0.1, 0.15) is 37.4 Å². The third kappa shape index (κ3) is 2.72. The van der Waals surface area contributed by atoms with E-state index in [2.05, 4.69) is 12.1 Å². The van der Waals surface area contributed by atoms with Crippen LogP contribution in [0.15, 0.2) is 24.3 Å². The van der Waals surface area contributed by atoms with E-state index in [1.807, 2.05) is 12.1 Å². The normalized spacial score (nSPS) is 22.1. The molecule has 1 heterocycles. The zero-order valence-corrected chi connectivity index (χ0v) is 9.24. The van der Waals surface area contributed by atoms with E-state index in [1.54, 1.807) is 7.11 Å². The minimum atomic E-state index is 0.290. The van der Waals surface area contributed by atoms with Crippen LogP contribution >= 0.6 is 0 Å². The van der Waals surface area contributed by atoms with Crippen molar-refractivity contribution in [1.29, 1.82) is 0 Å². The van der Waals surface area contributed by atoms with Gasteiger partial charge in [-0.2, -0.15) is 0 Å². The van der Waals surface area contributed by atoms with Crippen LogP contribution in [-0.2, 0) is 4.74 Å². The second-order valence-electron chi connectivity index (χ2n) is 3.98. The largest absolute Gasteiger partial charge is 0.497 e. The maximum Gasteiger partial charge on any atom is 0.118 e. The number of hydrogen-bond donors (Lipinski definition) is 0. The van der Waals surface area contributed by atoms with Gasteiger partial charge >= 0.3 is 0 Å². The zero-order valence-electron chi connectivity index (χ0n) is 9.24. The van der Waals surface area contributed by atoms with Gasteiger partial charge in [-0.25, -0.2) is 0 Å². The number of methoxy groups -OCH3 is 1. The van der Waals surface area contributed by atoms with Gasteiger partial charge in [-0.05, 0) is 30.5 Å². The van der Waals surface area contributed by atoms with Crippen LogP contribution in [0.25, 0.3) is 0 Å². The Kier molecular flexibility index (Phi) is 3.62. The van der Waals surface area contributed by atoms with Gasteiger partial charge in [0.05, 0.1) is 13.2 Å². The minimum absolute atomic E-state index is 0.290. The summed E-state index contributed by atoms with van der Waals surface area (Å²) in [5.74, 6) is 0.910. The van der Waals surface area contributed by atoms with Crippen molar-refractivity contribution in [3.8, 4) is 5.75 Å². The molecule has 0 spiro atoms. The Labute approximate surface area is 91.2 Å². The lowest BCUT2D eigenvalue weighted by molar-refractivity contribution is 0.0583. The fourth-order valence-electron chi connectivity index (χ4n) is 2.00. The van der Waals surface area contributed by atoms with Crippen molar-refractivity contribution in [3.05, 3.63) is 29.8 Å². The third-order valence-electron chi connectivity index (χ3n) is 2.92. The van der Waals surface area contributed by atoms with Crippen LogP contribution in [-0.4, -0.2) is 13.7 Å². The van der Waals surface area contributed by atoms with E-state index >= 15 is 0 Å². The predicted octanol–water partition coefficient (Wildman–Crippen LogP) is 3.33. The van der Waals surface area contributed by atoms with Crippen LogP contribution in [0.4, 0.5) is 0 Å². The van der Waals surface area contributed by atoms with Crippen molar-refractivity contribution in [2.45, 2.75) is 31.8 Å². The summed E-state index contributed by atoms with van der Waals surface area (Å²) in [5, 5.41) is 0. The molecular formula is C13H18O2. The third-order valence-corrected chi connectivity index (χ3v) is 2.92. The number of ether oxygens (including phenoxy) is 2. The fourth-order valence-corrected chi connectivity index (χ4v) is 2.00. The molecule has 0 bridgehead atoms. The molecule has 0 radical (unpaired) electrons. The molecule has 0 aliphatic carbocycles. The summed E-state index contributed by atoms with van der Waals surface area (Å²) in [5.41, 5.74) is 1.28. The molecule has 0 amide bonds. The van der Waals surface area contributed by atoms with Gasteiger partial charge < -0.3 is 9.47 Å². The molecule has 2 nitrogen and oxygen atoms in total. The van der Waals surface area contributed by atoms with Crippen LogP contribution in [0, 0.1) is 0 Å². The Balaban J connectivity index is 2.06. The smallest absolute Gasteiger partial charge is 0.118 e. The highest BCUT2D eigenvalue weighted by molar-refractivity contribution is 5.28. The summed E-state index contributed by atoms with van der Waals surface area (Å²) in [6.07, 6.45) is 5.21. The van der Waals surface area contributed by atoms with Gasteiger partial charge in [0.1, 0.15) is 5.75 Å². The first-order chi connectivity index (χ1) is 7.40. The molecular weight excluding hydrogens is 188 g/mol. The van der Waals surface area contributed by atoms with Crippen molar-refractivity contribution < 1.29 is 9.47 Å². The van der Waals surface area contributed by atoms with Crippen molar-refractivity contribution in [1.82, 2.24) is 0 Å². The van der Waals surface area contributed by atoms with Crippen molar-refractivity contribution in [2.24, 2.45) is 0 Å². The van der Waals surface area contributed by atoms with Crippen molar-refractivity contribution >= 4 is 0 Å². The van der Waals surface area contributed by atoms with Gasteiger partial charge in [0.2, 0.25) is 0 Å². The molecule has 0 N–H and O–H groups in total. The average molecular weight is 206 g/mol. The summed E-state index contributed by atoms with van der Waals surface area (Å²) >= 11 is 0. The summed E-state index contributed by atoms with van der Waals surface area (Å²) in [6, 6.07) is 8.22. The lowest BCUT2D eigenvalue weighted by Crippen LogP contribution is -2.02. The molecule has 1 fully saturated rings. The highest BCUT2D eigenvalue weighted by Crippen LogP contribution is 2.28. The van der Waals surface area contributed by atoms with Crippen LogP contribution in [0.2, 0.25) is 0 Å². The Morgan fingerprint density at radius 1 is 1.13 bits per heavy atom. The topological polar surface area (TPSA) is 18.5 Å². The molecule has 1 aliphatic rings. The van der Waals surface area contributed by atoms with Gasteiger partial charge in [0.25, 0.3) is 0 Å². The molecule has 1 atom stereocenters. The standard InChI is InChI=1S/C13H18O2/c1-14-12-8-6-11(7-9-12)13-5-3-2-4-10-15-13/h6-9,13H,2-5,10H2,1H3. The molecule has 0 aromatic heterocycles. The van der Waals surface area contributed by atoms with Gasteiger partial charge in [0, 0.05) is 6.61 Å². The average Bonchev–Trinajstić information content (AvgIpc) is 2.58. The zero-order chi connectivity index (χ0) is 10.5. The quantitative estimate of drug-likeness (QED) is 0.739. The molecule has 1 unspecified atom stereocenters. The van der Waals surface area contributed by atoms with Crippen molar-refractivity contribution in [2.75, 3.05) is 13.7 Å². The molecule has 2 rings (SSSR count). The van der Waals surface area contributed by atoms with Gasteiger partial charge in [0.15, 0.2) is 0 Å². The minimum Gasteiger partial charge on any atom is -0.497 e. The summed E-state index contributed by atoms with van der Waals surface area (Å²) < 4.78 is 11.0. The van der Waals surface area contributed by atoms with Crippen LogP contribution < -0.4 is 4.74 Å². The fraction of sp³-hybridized carbons (Fsp3) is 0.538. The first kappa shape index (κ1) is 10.5. The summed E-state index contributed by atoms with van der Waals surface area (Å²) in [4.78, 5) is 0. The molecule has 15 heavy (non-hydrogen) atoms. The number of hydrogen-bond acceptors (Lipinski definition) is 2. The lowest BCUT2D eigenvalue weighted by Gasteiger charge is -2.15. The van der Waals surface area contributed by atoms with E-state index in [9.17, 15) is 0 Å². The van der Waals surface area contributed by atoms with Gasteiger partial charge in [-0.1, -0.05) is 25.0 Å². The molecule has 1 saturated heterocycles. The maximum atomic E-state index is 5.82. The Morgan fingerprint density at radius 3 is 2.67 bits per heavy atom. The highest BCUT2D eigenvalue weighted by Gasteiger charge is 2.14. The Bertz CT molecular complexity index is 284. The lowest BCUT2D eigenvalue weighted by atomic mass is 10.0. The molecule has 0 saturated carbocycles. The number of benzene rings is 1. The van der Waals surface area contributed by atoms with E-state index < -0.39 is 0 Å². The SMILES string of the molecule is COc1ccc(C2CCCCCO2)cc1. The monoisotopic (exact) mass is 206 g/mol. The van der Waals surface area contributed by atoms with E-state index in [1.165, 1.54) is 24.8 Å². The molecule has 82 valence electrons. The molecule has 1 aromatic carbocycles. The van der Waals surface area contributed by atoms with E-state index in [4.69, 9.17) is 9.47 Å². The summed E-state index contributed by atoms with van der Waals surface area (Å²) in [6.45, 7) is 0.899.